The van der Waals surface area contributed by atoms with Crippen molar-refractivity contribution in [3.63, 3.8) is 0 Å². The fourth-order valence-electron chi connectivity index (χ4n) is 2.65. The molecule has 25 heavy (non-hydrogen) atoms. The van der Waals surface area contributed by atoms with E-state index in [4.69, 9.17) is 0 Å². The lowest BCUT2D eigenvalue weighted by Crippen LogP contribution is -2.11. The molecule has 1 heterocycles. The fraction of sp³-hybridized carbons (Fsp3) is 0. The van der Waals surface area contributed by atoms with Crippen molar-refractivity contribution in [1.82, 2.24) is 9.97 Å². The first kappa shape index (κ1) is 15.0. The van der Waals surface area contributed by atoms with E-state index in [0.29, 0.717) is 11.3 Å². The number of amides is 1. The molecule has 3 aromatic carbocycles. The lowest BCUT2D eigenvalue weighted by atomic mass is 10.1. The van der Waals surface area contributed by atoms with Gasteiger partial charge in [0.05, 0.1) is 11.0 Å². The van der Waals surface area contributed by atoms with E-state index in [0.717, 1.165) is 22.4 Å². The van der Waals surface area contributed by atoms with E-state index in [9.17, 15) is 9.90 Å². The van der Waals surface area contributed by atoms with Crippen molar-refractivity contribution in [3.05, 3.63) is 78.4 Å². The molecule has 1 aromatic heterocycles. The van der Waals surface area contributed by atoms with Crippen LogP contribution in [0.1, 0.15) is 10.4 Å². The number of carbonyl (C=O) groups is 1. The van der Waals surface area contributed by atoms with E-state index in [2.05, 4.69) is 15.3 Å². The number of aromatic nitrogens is 2. The summed E-state index contributed by atoms with van der Waals surface area (Å²) in [6.07, 6.45) is 0. The van der Waals surface area contributed by atoms with Crippen LogP contribution < -0.4 is 5.32 Å². The zero-order valence-corrected chi connectivity index (χ0v) is 13.2. The number of phenolic OH excluding ortho intramolecular Hbond substituents is 1. The van der Waals surface area contributed by atoms with Crippen LogP contribution in [0, 0.1) is 0 Å². The number of aromatic amines is 1. The van der Waals surface area contributed by atoms with Crippen LogP contribution in [0.3, 0.4) is 0 Å². The third-order valence-electron chi connectivity index (χ3n) is 3.91. The van der Waals surface area contributed by atoms with E-state index in [1.54, 1.807) is 12.1 Å². The second-order valence-electron chi connectivity index (χ2n) is 5.68. The zero-order chi connectivity index (χ0) is 17.2. The summed E-state index contributed by atoms with van der Waals surface area (Å²) < 4.78 is 0. The molecule has 0 aliphatic carbocycles. The number of aromatic hydroxyl groups is 1. The number of hydrogen-bond acceptors (Lipinski definition) is 3. The summed E-state index contributed by atoms with van der Waals surface area (Å²) in [5, 5.41) is 12.2. The second-order valence-corrected chi connectivity index (χ2v) is 5.68. The summed E-state index contributed by atoms with van der Waals surface area (Å²) in [4.78, 5) is 20.2. The van der Waals surface area contributed by atoms with E-state index in [1.165, 1.54) is 12.1 Å². The predicted octanol–water partition coefficient (Wildman–Crippen LogP) is 4.19. The van der Waals surface area contributed by atoms with Crippen molar-refractivity contribution in [2.45, 2.75) is 0 Å². The number of carbonyl (C=O) groups excluding carboxylic acids is 1. The van der Waals surface area contributed by atoms with Gasteiger partial charge in [0.15, 0.2) is 0 Å². The standard InChI is InChI=1S/C20H15N3O2/c24-16-10-8-13(9-11-16)20(25)21-15-5-3-4-14(12-15)19-22-17-6-1-2-7-18(17)23-19/h1-12,24H,(H,21,25)(H,22,23). The van der Waals surface area contributed by atoms with E-state index in [1.807, 2.05) is 48.5 Å². The van der Waals surface area contributed by atoms with Crippen LogP contribution in [-0.4, -0.2) is 21.0 Å². The highest BCUT2D eigenvalue weighted by Crippen LogP contribution is 2.23. The van der Waals surface area contributed by atoms with Gasteiger partial charge in [-0.05, 0) is 48.5 Å². The van der Waals surface area contributed by atoms with Crippen molar-refractivity contribution in [2.24, 2.45) is 0 Å². The molecule has 0 fully saturated rings. The van der Waals surface area contributed by atoms with Crippen LogP contribution >= 0.6 is 0 Å². The SMILES string of the molecule is O=C(Nc1cccc(-c2nc3ccccc3[nH]2)c1)c1ccc(O)cc1. The Labute approximate surface area is 144 Å². The smallest absolute Gasteiger partial charge is 0.255 e. The molecule has 0 bridgehead atoms. The van der Waals surface area contributed by atoms with Crippen molar-refractivity contribution >= 4 is 22.6 Å². The van der Waals surface area contributed by atoms with Gasteiger partial charge in [0.2, 0.25) is 0 Å². The van der Waals surface area contributed by atoms with E-state index in [-0.39, 0.29) is 11.7 Å². The normalized spacial score (nSPS) is 10.7. The number of para-hydroxylation sites is 2. The predicted molar refractivity (Wildman–Crippen MR) is 97.6 cm³/mol. The Kier molecular flexibility index (Phi) is 3.67. The monoisotopic (exact) mass is 329 g/mol. The number of anilines is 1. The van der Waals surface area contributed by atoms with Gasteiger partial charge in [0.25, 0.3) is 5.91 Å². The minimum Gasteiger partial charge on any atom is -0.508 e. The van der Waals surface area contributed by atoms with Crippen LogP contribution in [-0.2, 0) is 0 Å². The first-order valence-corrected chi connectivity index (χ1v) is 7.85. The lowest BCUT2D eigenvalue weighted by molar-refractivity contribution is 0.102. The molecule has 1 amide bonds. The van der Waals surface area contributed by atoms with Crippen molar-refractivity contribution in [2.75, 3.05) is 5.32 Å². The van der Waals surface area contributed by atoms with Gasteiger partial charge in [-0.3, -0.25) is 4.79 Å². The second kappa shape index (κ2) is 6.13. The molecule has 0 aliphatic rings. The van der Waals surface area contributed by atoms with Gasteiger partial charge in [-0.1, -0.05) is 24.3 Å². The van der Waals surface area contributed by atoms with Gasteiger partial charge in [-0.25, -0.2) is 4.98 Å². The van der Waals surface area contributed by atoms with Gasteiger partial charge in [0, 0.05) is 16.8 Å². The number of fused-ring (bicyclic) bond motifs is 1. The van der Waals surface area contributed by atoms with Crippen molar-refractivity contribution < 1.29 is 9.90 Å². The molecule has 0 saturated heterocycles. The summed E-state index contributed by atoms with van der Waals surface area (Å²) in [6.45, 7) is 0. The third-order valence-corrected chi connectivity index (χ3v) is 3.91. The molecule has 0 saturated carbocycles. The minimum absolute atomic E-state index is 0.128. The molecule has 4 rings (SSSR count). The molecule has 122 valence electrons. The highest BCUT2D eigenvalue weighted by molar-refractivity contribution is 6.04. The summed E-state index contributed by atoms with van der Waals surface area (Å²) in [5.41, 5.74) is 3.91. The number of benzene rings is 3. The molecular formula is C20H15N3O2. The number of imidazole rings is 1. The van der Waals surface area contributed by atoms with Gasteiger partial charge in [-0.15, -0.1) is 0 Å². The van der Waals surface area contributed by atoms with E-state index < -0.39 is 0 Å². The number of rotatable bonds is 3. The van der Waals surface area contributed by atoms with Crippen LogP contribution in [0.5, 0.6) is 5.75 Å². The Morgan fingerprint density at radius 1 is 0.960 bits per heavy atom. The molecule has 0 aliphatic heterocycles. The maximum atomic E-state index is 12.3. The van der Waals surface area contributed by atoms with Crippen LogP contribution in [0.25, 0.3) is 22.4 Å². The summed E-state index contributed by atoms with van der Waals surface area (Å²) >= 11 is 0. The molecule has 0 atom stereocenters. The number of phenols is 1. The fourth-order valence-corrected chi connectivity index (χ4v) is 2.65. The molecular weight excluding hydrogens is 314 g/mol. The van der Waals surface area contributed by atoms with Crippen LogP contribution in [0.15, 0.2) is 72.8 Å². The van der Waals surface area contributed by atoms with Gasteiger partial charge >= 0.3 is 0 Å². The molecule has 0 spiro atoms. The molecule has 5 heteroatoms. The number of nitrogens with zero attached hydrogens (tertiary/aromatic N) is 1. The quantitative estimate of drug-likeness (QED) is 0.527. The Bertz CT molecular complexity index is 1020. The topological polar surface area (TPSA) is 78.0 Å². The minimum atomic E-state index is -0.234. The Morgan fingerprint density at radius 2 is 1.76 bits per heavy atom. The third kappa shape index (κ3) is 3.07. The van der Waals surface area contributed by atoms with Crippen molar-refractivity contribution in [3.8, 4) is 17.1 Å². The Hall–Kier alpha value is -3.60. The van der Waals surface area contributed by atoms with Crippen LogP contribution in [0.4, 0.5) is 5.69 Å². The Morgan fingerprint density at radius 3 is 2.56 bits per heavy atom. The maximum Gasteiger partial charge on any atom is 0.255 e. The van der Waals surface area contributed by atoms with E-state index >= 15 is 0 Å². The summed E-state index contributed by atoms with van der Waals surface area (Å²) in [7, 11) is 0. The number of hydrogen-bond donors (Lipinski definition) is 3. The average molecular weight is 329 g/mol. The maximum absolute atomic E-state index is 12.3. The number of H-pyrrole nitrogens is 1. The molecule has 0 unspecified atom stereocenters. The largest absolute Gasteiger partial charge is 0.508 e. The first-order valence-electron chi connectivity index (χ1n) is 7.85. The van der Waals surface area contributed by atoms with Gasteiger partial charge in [0.1, 0.15) is 11.6 Å². The van der Waals surface area contributed by atoms with Gasteiger partial charge in [-0.2, -0.15) is 0 Å². The zero-order valence-electron chi connectivity index (χ0n) is 13.2. The molecule has 4 aromatic rings. The Balaban J connectivity index is 1.60. The van der Waals surface area contributed by atoms with Crippen molar-refractivity contribution in [1.29, 1.82) is 0 Å². The van der Waals surface area contributed by atoms with Crippen LogP contribution in [0.2, 0.25) is 0 Å². The molecule has 5 nitrogen and oxygen atoms in total. The number of nitrogens with one attached hydrogen (secondary N) is 2. The highest BCUT2D eigenvalue weighted by atomic mass is 16.3. The summed E-state index contributed by atoms with van der Waals surface area (Å²) in [5.74, 6) is 0.645. The van der Waals surface area contributed by atoms with Gasteiger partial charge < -0.3 is 15.4 Å². The molecule has 3 N–H and O–H groups in total. The first-order chi connectivity index (χ1) is 12.2. The average Bonchev–Trinajstić information content (AvgIpc) is 3.07. The molecule has 0 radical (unpaired) electrons. The summed E-state index contributed by atoms with van der Waals surface area (Å²) in [6, 6.07) is 21.5. The highest BCUT2D eigenvalue weighted by Gasteiger charge is 2.09. The lowest BCUT2D eigenvalue weighted by Gasteiger charge is -2.07.